The maximum absolute atomic E-state index is 11.8. The van der Waals surface area contributed by atoms with E-state index in [1.54, 1.807) is 7.11 Å². The molecule has 33 heavy (non-hydrogen) atoms. The molecule has 0 bridgehead atoms. The van der Waals surface area contributed by atoms with Crippen molar-refractivity contribution in [3.63, 3.8) is 0 Å². The molecular weight excluding hydrogens is 424 g/mol. The molecule has 0 saturated heterocycles. The van der Waals surface area contributed by atoms with Gasteiger partial charge in [0.25, 0.3) is 0 Å². The molecular formula is C25H52N2O6. The molecule has 2 N–H and O–H groups in total. The molecule has 0 aliphatic carbocycles. The minimum Gasteiger partial charge on any atom is -0.385 e. The van der Waals surface area contributed by atoms with Gasteiger partial charge in [-0.25, -0.2) is 0 Å². The molecule has 0 atom stereocenters. The highest BCUT2D eigenvalue weighted by Crippen LogP contribution is 2.07. The van der Waals surface area contributed by atoms with Gasteiger partial charge in [0.05, 0.1) is 52.9 Å². The summed E-state index contributed by atoms with van der Waals surface area (Å²) in [5, 5.41) is 6.36. The van der Waals surface area contributed by atoms with Gasteiger partial charge < -0.3 is 34.3 Å². The highest BCUT2D eigenvalue weighted by atomic mass is 16.6. The first-order valence-electron chi connectivity index (χ1n) is 13.0. The number of carbonyl (C=O) groups is 1. The van der Waals surface area contributed by atoms with E-state index in [1.165, 1.54) is 19.3 Å². The zero-order valence-corrected chi connectivity index (χ0v) is 21.7. The minimum atomic E-state index is 0.109. The predicted molar refractivity (Wildman–Crippen MR) is 133 cm³/mol. The van der Waals surface area contributed by atoms with Crippen molar-refractivity contribution < 1.29 is 28.5 Å². The number of unbranched alkanes of at least 4 members (excludes halogenated alkanes) is 5. The van der Waals surface area contributed by atoms with E-state index in [0.717, 1.165) is 45.3 Å². The molecule has 0 aromatic heterocycles. The van der Waals surface area contributed by atoms with Crippen LogP contribution < -0.4 is 10.6 Å². The van der Waals surface area contributed by atoms with Crippen molar-refractivity contribution in [2.45, 2.75) is 77.7 Å². The van der Waals surface area contributed by atoms with Gasteiger partial charge in [0.15, 0.2) is 0 Å². The van der Waals surface area contributed by atoms with Crippen molar-refractivity contribution in [1.29, 1.82) is 0 Å². The van der Waals surface area contributed by atoms with Crippen molar-refractivity contribution in [2.75, 3.05) is 79.7 Å². The van der Waals surface area contributed by atoms with E-state index in [2.05, 4.69) is 24.5 Å². The number of rotatable bonds is 27. The third-order valence-corrected chi connectivity index (χ3v) is 5.35. The molecule has 0 heterocycles. The summed E-state index contributed by atoms with van der Waals surface area (Å²) in [6.45, 7) is 11.2. The first-order chi connectivity index (χ1) is 16.2. The third-order valence-electron chi connectivity index (χ3n) is 5.35. The van der Waals surface area contributed by atoms with Crippen molar-refractivity contribution in [2.24, 2.45) is 0 Å². The van der Waals surface area contributed by atoms with Crippen molar-refractivity contribution in [1.82, 2.24) is 10.6 Å². The Hall–Kier alpha value is -0.770. The Morgan fingerprint density at radius 1 is 0.636 bits per heavy atom. The summed E-state index contributed by atoms with van der Waals surface area (Å²) < 4.78 is 27.0. The summed E-state index contributed by atoms with van der Waals surface area (Å²) in [7, 11) is 1.74. The van der Waals surface area contributed by atoms with Crippen LogP contribution in [0.4, 0.5) is 0 Å². The lowest BCUT2D eigenvalue weighted by molar-refractivity contribution is -0.121. The van der Waals surface area contributed by atoms with Gasteiger partial charge in [0, 0.05) is 39.3 Å². The van der Waals surface area contributed by atoms with Crippen LogP contribution >= 0.6 is 0 Å². The first-order valence-corrected chi connectivity index (χ1v) is 13.0. The molecule has 0 aromatic carbocycles. The Bertz CT molecular complexity index is 397. The van der Waals surface area contributed by atoms with Crippen LogP contribution in [0.15, 0.2) is 0 Å². The average Bonchev–Trinajstić information content (AvgIpc) is 2.83. The summed E-state index contributed by atoms with van der Waals surface area (Å²) in [4.78, 5) is 11.8. The second-order valence-electron chi connectivity index (χ2n) is 8.13. The quantitative estimate of drug-likeness (QED) is 0.176. The van der Waals surface area contributed by atoms with Gasteiger partial charge in [0.2, 0.25) is 5.91 Å². The van der Waals surface area contributed by atoms with Gasteiger partial charge in [-0.05, 0) is 25.7 Å². The highest BCUT2D eigenvalue weighted by Gasteiger charge is 2.02. The first kappa shape index (κ1) is 32.2. The fourth-order valence-corrected chi connectivity index (χ4v) is 3.26. The molecule has 8 heteroatoms. The molecule has 198 valence electrons. The maximum Gasteiger partial charge on any atom is 0.220 e. The van der Waals surface area contributed by atoms with E-state index in [0.29, 0.717) is 71.9 Å². The van der Waals surface area contributed by atoms with Gasteiger partial charge in [0.1, 0.15) is 0 Å². The zero-order chi connectivity index (χ0) is 24.2. The van der Waals surface area contributed by atoms with Crippen molar-refractivity contribution in [3.05, 3.63) is 0 Å². The second-order valence-corrected chi connectivity index (χ2v) is 8.13. The van der Waals surface area contributed by atoms with E-state index in [9.17, 15) is 4.79 Å². The van der Waals surface area contributed by atoms with E-state index in [1.807, 2.05) is 0 Å². The molecule has 0 spiro atoms. The third kappa shape index (κ3) is 25.7. The fraction of sp³-hybridized carbons (Fsp3) is 0.960. The smallest absolute Gasteiger partial charge is 0.220 e. The molecule has 0 aromatic rings. The Kier molecular flexibility index (Phi) is 26.8. The molecule has 0 unspecified atom stereocenters. The Morgan fingerprint density at radius 2 is 1.12 bits per heavy atom. The number of ether oxygens (including phenoxy) is 5. The van der Waals surface area contributed by atoms with Gasteiger partial charge >= 0.3 is 0 Å². The Labute approximate surface area is 202 Å². The van der Waals surface area contributed by atoms with Crippen molar-refractivity contribution in [3.8, 4) is 0 Å². The standard InChI is InChI=1S/C25H52N2O6/c1-4-24(5-2)26-13-16-30-18-20-32-22-23-33-21-19-31-17-14-27-25(28)12-10-8-6-7-9-11-15-29-3/h24,26H,4-23H2,1-3H3,(H,27,28). The van der Waals surface area contributed by atoms with Crippen molar-refractivity contribution >= 4 is 5.91 Å². The molecule has 0 saturated carbocycles. The van der Waals surface area contributed by atoms with E-state index in [4.69, 9.17) is 23.7 Å². The Morgan fingerprint density at radius 3 is 1.67 bits per heavy atom. The molecule has 0 radical (unpaired) electrons. The van der Waals surface area contributed by atoms with Crippen LogP contribution in [0.1, 0.15) is 71.6 Å². The highest BCUT2D eigenvalue weighted by molar-refractivity contribution is 5.75. The number of methoxy groups -OCH3 is 1. The molecule has 0 rings (SSSR count). The normalized spacial score (nSPS) is 11.4. The van der Waals surface area contributed by atoms with E-state index in [-0.39, 0.29) is 5.91 Å². The van der Waals surface area contributed by atoms with Crippen LogP contribution in [-0.4, -0.2) is 91.6 Å². The van der Waals surface area contributed by atoms with Crippen LogP contribution in [0.5, 0.6) is 0 Å². The Balaban J connectivity index is 3.17. The molecule has 0 fully saturated rings. The number of amides is 1. The summed E-state index contributed by atoms with van der Waals surface area (Å²) in [5.74, 6) is 0.109. The summed E-state index contributed by atoms with van der Waals surface area (Å²) in [6.07, 6.45) is 9.71. The maximum atomic E-state index is 11.8. The summed E-state index contributed by atoms with van der Waals surface area (Å²) in [5.41, 5.74) is 0. The van der Waals surface area contributed by atoms with Crippen LogP contribution in [-0.2, 0) is 28.5 Å². The second kappa shape index (κ2) is 27.5. The van der Waals surface area contributed by atoms with Crippen LogP contribution in [0.3, 0.4) is 0 Å². The van der Waals surface area contributed by atoms with Gasteiger partial charge in [-0.2, -0.15) is 0 Å². The fourth-order valence-electron chi connectivity index (χ4n) is 3.26. The van der Waals surface area contributed by atoms with Gasteiger partial charge in [-0.15, -0.1) is 0 Å². The van der Waals surface area contributed by atoms with E-state index >= 15 is 0 Å². The van der Waals surface area contributed by atoms with Gasteiger partial charge in [-0.1, -0.05) is 39.5 Å². The number of nitrogens with one attached hydrogen (secondary N) is 2. The summed E-state index contributed by atoms with van der Waals surface area (Å²) in [6, 6.07) is 0.589. The van der Waals surface area contributed by atoms with Gasteiger partial charge in [-0.3, -0.25) is 4.79 Å². The lowest BCUT2D eigenvalue weighted by Gasteiger charge is -2.14. The topological polar surface area (TPSA) is 87.3 Å². The molecule has 1 amide bonds. The molecule has 0 aliphatic rings. The zero-order valence-electron chi connectivity index (χ0n) is 21.7. The van der Waals surface area contributed by atoms with E-state index < -0.39 is 0 Å². The monoisotopic (exact) mass is 476 g/mol. The largest absolute Gasteiger partial charge is 0.385 e. The van der Waals surface area contributed by atoms with Crippen LogP contribution in [0, 0.1) is 0 Å². The number of hydrogen-bond acceptors (Lipinski definition) is 7. The van der Waals surface area contributed by atoms with Crippen LogP contribution in [0.25, 0.3) is 0 Å². The predicted octanol–water partition coefficient (Wildman–Crippen LogP) is 3.32. The summed E-state index contributed by atoms with van der Waals surface area (Å²) >= 11 is 0. The number of carbonyl (C=O) groups excluding carboxylic acids is 1. The lowest BCUT2D eigenvalue weighted by Crippen LogP contribution is -2.31. The molecule has 0 aliphatic heterocycles. The average molecular weight is 477 g/mol. The SMILES string of the molecule is CCC(CC)NCCOCCOCCOCCOCCNC(=O)CCCCCCCCOC. The lowest BCUT2D eigenvalue weighted by atomic mass is 10.1. The van der Waals surface area contributed by atoms with Crippen LogP contribution in [0.2, 0.25) is 0 Å². The minimum absolute atomic E-state index is 0.109. The number of hydrogen-bond donors (Lipinski definition) is 2. The molecule has 8 nitrogen and oxygen atoms in total.